The molecule has 1 heterocycles. The molecule has 20 heavy (non-hydrogen) atoms. The Hall–Kier alpha value is -1.82. The maximum Gasteiger partial charge on any atom is 0.307 e. The monoisotopic (exact) mass is 294 g/mol. The maximum absolute atomic E-state index is 11.2. The number of rotatable bonds is 7. The molecule has 0 fully saturated rings. The highest BCUT2D eigenvalue weighted by atomic mass is 32.1. The SMILES string of the molecule is CCOC(=O)CCNc1nc2ccc(OCC)cc2s1. The van der Waals surface area contributed by atoms with Crippen molar-refractivity contribution in [1.29, 1.82) is 0 Å². The second-order valence-electron chi connectivity index (χ2n) is 4.06. The molecule has 5 nitrogen and oxygen atoms in total. The number of ether oxygens (including phenoxy) is 2. The first kappa shape index (κ1) is 14.6. The van der Waals surface area contributed by atoms with Crippen LogP contribution < -0.4 is 10.1 Å². The number of esters is 1. The van der Waals surface area contributed by atoms with E-state index in [-0.39, 0.29) is 5.97 Å². The van der Waals surface area contributed by atoms with E-state index in [1.54, 1.807) is 18.3 Å². The third-order valence-corrected chi connectivity index (χ3v) is 3.56. The average Bonchev–Trinajstić information content (AvgIpc) is 2.81. The van der Waals surface area contributed by atoms with Gasteiger partial charge in [-0.05, 0) is 32.0 Å². The van der Waals surface area contributed by atoms with Crippen molar-refractivity contribution in [3.8, 4) is 5.75 Å². The Morgan fingerprint density at radius 1 is 1.35 bits per heavy atom. The average molecular weight is 294 g/mol. The molecule has 0 radical (unpaired) electrons. The first-order chi connectivity index (χ1) is 9.72. The lowest BCUT2D eigenvalue weighted by molar-refractivity contribution is -0.142. The molecule has 0 aliphatic rings. The van der Waals surface area contributed by atoms with Gasteiger partial charge in [0, 0.05) is 6.54 Å². The molecule has 0 saturated carbocycles. The Morgan fingerprint density at radius 3 is 2.95 bits per heavy atom. The standard InChI is InChI=1S/C14H18N2O3S/c1-3-18-10-5-6-11-12(9-10)20-14(16-11)15-8-7-13(17)19-4-2/h5-6,9H,3-4,7-8H2,1-2H3,(H,15,16). The fourth-order valence-corrected chi connectivity index (χ4v) is 2.66. The molecule has 0 aliphatic carbocycles. The number of nitrogens with zero attached hydrogens (tertiary/aromatic N) is 1. The van der Waals surface area contributed by atoms with E-state index in [9.17, 15) is 4.79 Å². The van der Waals surface area contributed by atoms with E-state index < -0.39 is 0 Å². The van der Waals surface area contributed by atoms with Crippen molar-refractivity contribution in [1.82, 2.24) is 4.98 Å². The summed E-state index contributed by atoms with van der Waals surface area (Å²) in [6, 6.07) is 5.83. The Balaban J connectivity index is 1.95. The summed E-state index contributed by atoms with van der Waals surface area (Å²) in [6.45, 7) is 5.35. The van der Waals surface area contributed by atoms with Gasteiger partial charge in [-0.1, -0.05) is 11.3 Å². The minimum Gasteiger partial charge on any atom is -0.494 e. The number of fused-ring (bicyclic) bond motifs is 1. The Morgan fingerprint density at radius 2 is 2.20 bits per heavy atom. The van der Waals surface area contributed by atoms with E-state index in [4.69, 9.17) is 9.47 Å². The van der Waals surface area contributed by atoms with Gasteiger partial charge in [-0.15, -0.1) is 0 Å². The van der Waals surface area contributed by atoms with E-state index in [2.05, 4.69) is 10.3 Å². The van der Waals surface area contributed by atoms with Crippen molar-refractivity contribution in [3.63, 3.8) is 0 Å². The molecule has 0 amide bonds. The molecule has 0 bridgehead atoms. The molecule has 1 aromatic heterocycles. The van der Waals surface area contributed by atoms with E-state index in [1.165, 1.54) is 0 Å². The van der Waals surface area contributed by atoms with Gasteiger partial charge in [0.2, 0.25) is 0 Å². The van der Waals surface area contributed by atoms with Crippen molar-refractivity contribution in [2.45, 2.75) is 20.3 Å². The highest BCUT2D eigenvalue weighted by molar-refractivity contribution is 7.22. The molecule has 2 aromatic rings. The van der Waals surface area contributed by atoms with Crippen LogP contribution in [0.2, 0.25) is 0 Å². The van der Waals surface area contributed by atoms with Gasteiger partial charge < -0.3 is 14.8 Å². The smallest absolute Gasteiger partial charge is 0.307 e. The number of hydrogen-bond donors (Lipinski definition) is 1. The lowest BCUT2D eigenvalue weighted by Crippen LogP contribution is -2.11. The summed E-state index contributed by atoms with van der Waals surface area (Å²) in [7, 11) is 0. The number of carbonyl (C=O) groups excluding carboxylic acids is 1. The molecule has 1 aromatic carbocycles. The van der Waals surface area contributed by atoms with Crippen molar-refractivity contribution < 1.29 is 14.3 Å². The molecule has 6 heteroatoms. The zero-order valence-corrected chi connectivity index (χ0v) is 12.5. The van der Waals surface area contributed by atoms with E-state index in [1.807, 2.05) is 25.1 Å². The van der Waals surface area contributed by atoms with Gasteiger partial charge in [0.15, 0.2) is 5.13 Å². The van der Waals surface area contributed by atoms with Crippen LogP contribution in [0.3, 0.4) is 0 Å². The van der Waals surface area contributed by atoms with Gasteiger partial charge in [0.1, 0.15) is 5.75 Å². The predicted molar refractivity (Wildman–Crippen MR) is 80.5 cm³/mol. The Labute approximate surface area is 121 Å². The minimum absolute atomic E-state index is 0.195. The van der Waals surface area contributed by atoms with Crippen LogP contribution in [0.5, 0.6) is 5.75 Å². The second kappa shape index (κ2) is 7.09. The van der Waals surface area contributed by atoms with Crippen molar-refractivity contribution in [2.75, 3.05) is 25.1 Å². The topological polar surface area (TPSA) is 60.5 Å². The molecule has 0 spiro atoms. The maximum atomic E-state index is 11.2. The predicted octanol–water partition coefficient (Wildman–Crippen LogP) is 3.06. The fraction of sp³-hybridized carbons (Fsp3) is 0.429. The van der Waals surface area contributed by atoms with Gasteiger partial charge in [0.25, 0.3) is 0 Å². The highest BCUT2D eigenvalue weighted by Crippen LogP contribution is 2.29. The summed E-state index contributed by atoms with van der Waals surface area (Å²) in [4.78, 5) is 15.7. The van der Waals surface area contributed by atoms with Crippen LogP contribution in [0.4, 0.5) is 5.13 Å². The fourth-order valence-electron chi connectivity index (χ4n) is 1.74. The van der Waals surface area contributed by atoms with Crippen LogP contribution >= 0.6 is 11.3 Å². The number of nitrogens with one attached hydrogen (secondary N) is 1. The summed E-state index contributed by atoms with van der Waals surface area (Å²) in [5.74, 6) is 0.654. The summed E-state index contributed by atoms with van der Waals surface area (Å²) < 4.78 is 11.4. The lowest BCUT2D eigenvalue weighted by atomic mass is 10.3. The summed E-state index contributed by atoms with van der Waals surface area (Å²) >= 11 is 1.55. The third-order valence-electron chi connectivity index (χ3n) is 2.58. The number of benzene rings is 1. The molecular weight excluding hydrogens is 276 g/mol. The zero-order chi connectivity index (χ0) is 14.4. The van der Waals surface area contributed by atoms with Crippen molar-refractivity contribution in [3.05, 3.63) is 18.2 Å². The molecular formula is C14H18N2O3S. The third kappa shape index (κ3) is 3.84. The van der Waals surface area contributed by atoms with Crippen LogP contribution in [0.15, 0.2) is 18.2 Å². The molecule has 108 valence electrons. The highest BCUT2D eigenvalue weighted by Gasteiger charge is 2.06. The molecule has 0 saturated heterocycles. The molecule has 0 unspecified atom stereocenters. The van der Waals surface area contributed by atoms with Crippen molar-refractivity contribution in [2.24, 2.45) is 0 Å². The summed E-state index contributed by atoms with van der Waals surface area (Å²) in [5.41, 5.74) is 0.928. The van der Waals surface area contributed by atoms with Crippen LogP contribution in [0, 0.1) is 0 Å². The first-order valence-corrected chi connectivity index (χ1v) is 7.47. The van der Waals surface area contributed by atoms with E-state index in [0.717, 1.165) is 21.1 Å². The number of aromatic nitrogens is 1. The van der Waals surface area contributed by atoms with Gasteiger partial charge in [-0.3, -0.25) is 4.79 Å². The van der Waals surface area contributed by atoms with E-state index >= 15 is 0 Å². The van der Waals surface area contributed by atoms with E-state index in [0.29, 0.717) is 26.2 Å². The molecule has 2 rings (SSSR count). The van der Waals surface area contributed by atoms with Gasteiger partial charge in [-0.25, -0.2) is 4.98 Å². The molecule has 0 atom stereocenters. The minimum atomic E-state index is -0.195. The Kier molecular flexibility index (Phi) is 5.17. The zero-order valence-electron chi connectivity index (χ0n) is 11.6. The molecule has 0 aliphatic heterocycles. The normalized spacial score (nSPS) is 10.5. The quantitative estimate of drug-likeness (QED) is 0.795. The van der Waals surface area contributed by atoms with Crippen LogP contribution in [-0.2, 0) is 9.53 Å². The number of carbonyl (C=O) groups is 1. The number of thiazole rings is 1. The van der Waals surface area contributed by atoms with Crippen molar-refractivity contribution >= 4 is 32.7 Å². The molecule has 1 N–H and O–H groups in total. The number of hydrogen-bond acceptors (Lipinski definition) is 6. The van der Waals surface area contributed by atoms with Gasteiger partial charge in [0.05, 0.1) is 29.9 Å². The summed E-state index contributed by atoms with van der Waals surface area (Å²) in [6.07, 6.45) is 0.341. The van der Waals surface area contributed by atoms with Crippen LogP contribution in [0.25, 0.3) is 10.2 Å². The van der Waals surface area contributed by atoms with Crippen LogP contribution in [-0.4, -0.2) is 30.7 Å². The lowest BCUT2D eigenvalue weighted by Gasteiger charge is -2.02. The Bertz CT molecular complexity index is 583. The second-order valence-corrected chi connectivity index (χ2v) is 5.09. The summed E-state index contributed by atoms with van der Waals surface area (Å²) in [5, 5.41) is 3.94. The number of anilines is 1. The van der Waals surface area contributed by atoms with Crippen LogP contribution in [0.1, 0.15) is 20.3 Å². The van der Waals surface area contributed by atoms with Gasteiger partial charge in [-0.2, -0.15) is 0 Å². The first-order valence-electron chi connectivity index (χ1n) is 6.65. The van der Waals surface area contributed by atoms with Gasteiger partial charge >= 0.3 is 5.97 Å². The largest absolute Gasteiger partial charge is 0.494 e.